The van der Waals surface area contributed by atoms with Crippen molar-refractivity contribution in [1.82, 2.24) is 14.6 Å². The van der Waals surface area contributed by atoms with E-state index >= 15 is 0 Å². The molecule has 0 fully saturated rings. The Labute approximate surface area is 106 Å². The van der Waals surface area contributed by atoms with Gasteiger partial charge in [0, 0.05) is 10.9 Å². The van der Waals surface area contributed by atoms with Crippen molar-refractivity contribution in [1.29, 1.82) is 0 Å². The molecule has 1 aliphatic heterocycles. The van der Waals surface area contributed by atoms with E-state index in [1.54, 1.807) is 4.52 Å². The van der Waals surface area contributed by atoms with Crippen LogP contribution >= 0.6 is 11.3 Å². The standard InChI is InChI=1S/C11H8N4O2S/c12-10-13-11-15(14-10)7(4-18-11)6-1-2-8-9(3-6)17-5-16-8/h1-4H,5H2,(H2,12,14). The van der Waals surface area contributed by atoms with Gasteiger partial charge in [0.15, 0.2) is 11.5 Å². The van der Waals surface area contributed by atoms with Crippen LogP contribution in [0.1, 0.15) is 0 Å². The molecule has 1 aliphatic rings. The molecule has 0 unspecified atom stereocenters. The second kappa shape index (κ2) is 3.36. The maximum atomic E-state index is 5.59. The Balaban J connectivity index is 1.91. The van der Waals surface area contributed by atoms with Gasteiger partial charge in [0.05, 0.1) is 5.69 Å². The van der Waals surface area contributed by atoms with Crippen LogP contribution < -0.4 is 15.2 Å². The van der Waals surface area contributed by atoms with Crippen molar-refractivity contribution in [2.24, 2.45) is 0 Å². The third-order valence-corrected chi connectivity index (χ3v) is 3.58. The van der Waals surface area contributed by atoms with E-state index in [0.717, 1.165) is 27.7 Å². The average molecular weight is 260 g/mol. The van der Waals surface area contributed by atoms with E-state index in [-0.39, 0.29) is 12.7 Å². The summed E-state index contributed by atoms with van der Waals surface area (Å²) in [6.45, 7) is 0.272. The molecule has 2 N–H and O–H groups in total. The van der Waals surface area contributed by atoms with Crippen molar-refractivity contribution in [3.05, 3.63) is 23.6 Å². The third-order valence-electron chi connectivity index (χ3n) is 2.77. The summed E-state index contributed by atoms with van der Waals surface area (Å²) in [5.41, 5.74) is 7.53. The van der Waals surface area contributed by atoms with Crippen molar-refractivity contribution in [3.8, 4) is 22.8 Å². The van der Waals surface area contributed by atoms with Crippen LogP contribution in [-0.2, 0) is 0 Å². The zero-order chi connectivity index (χ0) is 12.1. The van der Waals surface area contributed by atoms with Gasteiger partial charge in [0.1, 0.15) is 0 Å². The van der Waals surface area contributed by atoms with E-state index in [9.17, 15) is 0 Å². The molecule has 0 saturated carbocycles. The number of hydrogen-bond acceptors (Lipinski definition) is 6. The Bertz CT molecular complexity index is 749. The van der Waals surface area contributed by atoms with Crippen molar-refractivity contribution in [2.75, 3.05) is 12.5 Å². The SMILES string of the molecule is Nc1nc2scc(-c3ccc4c(c3)OCO4)n2n1. The lowest BCUT2D eigenvalue weighted by Crippen LogP contribution is -1.93. The minimum absolute atomic E-state index is 0.272. The van der Waals surface area contributed by atoms with Crippen LogP contribution in [0.2, 0.25) is 0 Å². The first-order valence-corrected chi connectivity index (χ1v) is 6.19. The molecule has 0 saturated heterocycles. The van der Waals surface area contributed by atoms with E-state index in [2.05, 4.69) is 10.1 Å². The lowest BCUT2D eigenvalue weighted by Gasteiger charge is -2.00. The fourth-order valence-corrected chi connectivity index (χ4v) is 2.79. The highest BCUT2D eigenvalue weighted by Gasteiger charge is 2.16. The number of nitrogen functional groups attached to an aromatic ring is 1. The topological polar surface area (TPSA) is 74.7 Å². The summed E-state index contributed by atoms with van der Waals surface area (Å²) in [7, 11) is 0. The number of benzene rings is 1. The molecule has 0 radical (unpaired) electrons. The number of aromatic nitrogens is 3. The summed E-state index contributed by atoms with van der Waals surface area (Å²) in [6, 6.07) is 5.79. The highest BCUT2D eigenvalue weighted by molar-refractivity contribution is 7.15. The Kier molecular flexibility index (Phi) is 1.81. The van der Waals surface area contributed by atoms with Crippen LogP contribution in [0.15, 0.2) is 23.6 Å². The Hall–Kier alpha value is -2.28. The van der Waals surface area contributed by atoms with Crippen LogP contribution in [0.5, 0.6) is 11.5 Å². The molecule has 3 aromatic rings. The fraction of sp³-hybridized carbons (Fsp3) is 0.0909. The number of thiazole rings is 1. The molecular formula is C11H8N4O2S. The van der Waals surface area contributed by atoms with Gasteiger partial charge in [-0.25, -0.2) is 4.52 Å². The van der Waals surface area contributed by atoms with Crippen LogP contribution in [0, 0.1) is 0 Å². The molecule has 3 heterocycles. The molecule has 90 valence electrons. The number of hydrogen-bond donors (Lipinski definition) is 1. The molecule has 2 aromatic heterocycles. The highest BCUT2D eigenvalue weighted by Crippen LogP contribution is 2.36. The number of rotatable bonds is 1. The number of nitrogens with zero attached hydrogens (tertiary/aromatic N) is 3. The average Bonchev–Trinajstić information content (AvgIpc) is 3.01. The Morgan fingerprint density at radius 2 is 2.17 bits per heavy atom. The van der Waals surface area contributed by atoms with E-state index in [1.807, 2.05) is 23.6 Å². The van der Waals surface area contributed by atoms with Crippen LogP contribution in [0.4, 0.5) is 5.95 Å². The van der Waals surface area contributed by atoms with Gasteiger partial charge in [-0.1, -0.05) is 0 Å². The zero-order valence-electron chi connectivity index (χ0n) is 9.16. The molecule has 7 heteroatoms. The normalized spacial score (nSPS) is 13.3. The minimum atomic E-state index is 0.272. The first-order valence-electron chi connectivity index (χ1n) is 5.31. The highest BCUT2D eigenvalue weighted by atomic mass is 32.1. The molecule has 0 aliphatic carbocycles. The molecule has 6 nitrogen and oxygen atoms in total. The van der Waals surface area contributed by atoms with Gasteiger partial charge >= 0.3 is 0 Å². The van der Waals surface area contributed by atoms with E-state index in [0.29, 0.717) is 0 Å². The lowest BCUT2D eigenvalue weighted by atomic mass is 10.1. The van der Waals surface area contributed by atoms with Crippen molar-refractivity contribution in [2.45, 2.75) is 0 Å². The van der Waals surface area contributed by atoms with E-state index in [4.69, 9.17) is 15.2 Å². The molecular weight excluding hydrogens is 252 g/mol. The van der Waals surface area contributed by atoms with Gasteiger partial charge in [-0.15, -0.1) is 16.4 Å². The fourth-order valence-electron chi connectivity index (χ4n) is 1.95. The first-order chi connectivity index (χ1) is 8.81. The summed E-state index contributed by atoms with van der Waals surface area (Å²) in [5, 5.41) is 6.16. The lowest BCUT2D eigenvalue weighted by molar-refractivity contribution is 0.174. The summed E-state index contributed by atoms with van der Waals surface area (Å²) in [6.07, 6.45) is 0. The van der Waals surface area contributed by atoms with Gasteiger partial charge < -0.3 is 15.2 Å². The smallest absolute Gasteiger partial charge is 0.241 e. The maximum absolute atomic E-state index is 5.59. The van der Waals surface area contributed by atoms with Crippen molar-refractivity contribution >= 4 is 22.2 Å². The first kappa shape index (κ1) is 9.72. The van der Waals surface area contributed by atoms with Gasteiger partial charge in [-0.2, -0.15) is 4.98 Å². The number of ether oxygens (including phenoxy) is 2. The van der Waals surface area contributed by atoms with Crippen LogP contribution in [-0.4, -0.2) is 21.4 Å². The molecule has 0 amide bonds. The summed E-state index contributed by atoms with van der Waals surface area (Å²) in [5.74, 6) is 1.80. The number of fused-ring (bicyclic) bond motifs is 2. The van der Waals surface area contributed by atoms with Gasteiger partial charge in [-0.3, -0.25) is 0 Å². The summed E-state index contributed by atoms with van der Waals surface area (Å²) in [4.78, 5) is 4.90. The molecule has 4 rings (SSSR count). The predicted molar refractivity (Wildman–Crippen MR) is 66.8 cm³/mol. The molecule has 0 bridgehead atoms. The van der Waals surface area contributed by atoms with Gasteiger partial charge in [-0.05, 0) is 18.2 Å². The largest absolute Gasteiger partial charge is 0.454 e. The number of nitrogens with two attached hydrogens (primary N) is 1. The van der Waals surface area contributed by atoms with Crippen molar-refractivity contribution < 1.29 is 9.47 Å². The molecule has 0 atom stereocenters. The molecule has 1 aromatic carbocycles. The molecule has 18 heavy (non-hydrogen) atoms. The quantitative estimate of drug-likeness (QED) is 0.721. The Morgan fingerprint density at radius 3 is 3.11 bits per heavy atom. The number of anilines is 1. The molecule has 0 spiro atoms. The van der Waals surface area contributed by atoms with Gasteiger partial charge in [0.2, 0.25) is 17.7 Å². The van der Waals surface area contributed by atoms with Crippen LogP contribution in [0.25, 0.3) is 16.2 Å². The second-order valence-corrected chi connectivity index (χ2v) is 4.69. The monoisotopic (exact) mass is 260 g/mol. The Morgan fingerprint density at radius 1 is 1.28 bits per heavy atom. The minimum Gasteiger partial charge on any atom is -0.454 e. The van der Waals surface area contributed by atoms with Gasteiger partial charge in [0.25, 0.3) is 0 Å². The maximum Gasteiger partial charge on any atom is 0.241 e. The third kappa shape index (κ3) is 1.28. The van der Waals surface area contributed by atoms with E-state index in [1.165, 1.54) is 11.3 Å². The summed E-state index contributed by atoms with van der Waals surface area (Å²) >= 11 is 1.50. The summed E-state index contributed by atoms with van der Waals surface area (Å²) < 4.78 is 12.4. The second-order valence-electron chi connectivity index (χ2n) is 3.85. The van der Waals surface area contributed by atoms with E-state index < -0.39 is 0 Å². The zero-order valence-corrected chi connectivity index (χ0v) is 9.98. The van der Waals surface area contributed by atoms with Crippen molar-refractivity contribution in [3.63, 3.8) is 0 Å². The van der Waals surface area contributed by atoms with Crippen LogP contribution in [0.3, 0.4) is 0 Å². The predicted octanol–water partition coefficient (Wildman–Crippen LogP) is 1.77.